The Morgan fingerprint density at radius 3 is 2.45 bits per heavy atom. The van der Waals surface area contributed by atoms with Crippen molar-refractivity contribution in [3.63, 3.8) is 0 Å². The molecule has 1 aromatic carbocycles. The molecule has 1 aliphatic heterocycles. The van der Waals surface area contributed by atoms with Crippen molar-refractivity contribution >= 4 is 12.1 Å². The van der Waals surface area contributed by atoms with Gasteiger partial charge in [0.2, 0.25) is 0 Å². The number of esters is 1. The van der Waals surface area contributed by atoms with Crippen LogP contribution in [0.5, 0.6) is 0 Å². The Balaban J connectivity index is 1.74. The summed E-state index contributed by atoms with van der Waals surface area (Å²) in [5.74, 6) is -0.130. The number of benzene rings is 1. The molecule has 120 valence electrons. The zero-order chi connectivity index (χ0) is 16.3. The fraction of sp³-hybridized carbons (Fsp3) is 0.529. The Labute approximate surface area is 131 Å². The van der Waals surface area contributed by atoms with Gasteiger partial charge in [-0.05, 0) is 39.3 Å². The molecule has 5 heteroatoms. The number of amides is 1. The van der Waals surface area contributed by atoms with Crippen LogP contribution in [-0.4, -0.2) is 42.3 Å². The van der Waals surface area contributed by atoms with Crippen LogP contribution in [0.3, 0.4) is 0 Å². The average molecular weight is 305 g/mol. The number of carbonyl (C=O) groups is 2. The monoisotopic (exact) mass is 305 g/mol. The maximum atomic E-state index is 12.0. The molecule has 0 radical (unpaired) electrons. The lowest BCUT2D eigenvalue weighted by Crippen LogP contribution is -2.53. The molecule has 0 aliphatic carbocycles. The standard InChI is InChI=1S/C17H23NO4/c1-12-7-5-6-8-14(12)15(19)21-11-13-9-18(10-13)16(20)22-17(2,3)4/h5-8,13H,9-11H2,1-4H3. The fourth-order valence-electron chi connectivity index (χ4n) is 2.22. The molecule has 22 heavy (non-hydrogen) atoms. The summed E-state index contributed by atoms with van der Waals surface area (Å²) in [5.41, 5.74) is 1.00. The van der Waals surface area contributed by atoms with Crippen LogP contribution >= 0.6 is 0 Å². The third kappa shape index (κ3) is 4.23. The minimum Gasteiger partial charge on any atom is -0.462 e. The Morgan fingerprint density at radius 2 is 1.86 bits per heavy atom. The number of hydrogen-bond donors (Lipinski definition) is 0. The van der Waals surface area contributed by atoms with Gasteiger partial charge >= 0.3 is 12.1 Å². The van der Waals surface area contributed by atoms with Gasteiger partial charge in [-0.2, -0.15) is 0 Å². The Morgan fingerprint density at radius 1 is 1.23 bits per heavy atom. The number of aryl methyl sites for hydroxylation is 1. The molecule has 1 aliphatic rings. The van der Waals surface area contributed by atoms with E-state index >= 15 is 0 Å². The van der Waals surface area contributed by atoms with E-state index in [0.29, 0.717) is 25.3 Å². The van der Waals surface area contributed by atoms with Crippen molar-refractivity contribution in [2.24, 2.45) is 5.92 Å². The van der Waals surface area contributed by atoms with E-state index in [2.05, 4.69) is 0 Å². The summed E-state index contributed by atoms with van der Waals surface area (Å²) in [6.45, 7) is 8.85. The Kier molecular flexibility index (Phi) is 4.74. The Bertz CT molecular complexity index is 556. The van der Waals surface area contributed by atoms with Gasteiger partial charge in [0.15, 0.2) is 0 Å². The first kappa shape index (κ1) is 16.3. The summed E-state index contributed by atoms with van der Waals surface area (Å²) in [6, 6.07) is 7.34. The van der Waals surface area contributed by atoms with E-state index in [1.54, 1.807) is 11.0 Å². The van der Waals surface area contributed by atoms with Gasteiger partial charge in [0.1, 0.15) is 5.60 Å². The quantitative estimate of drug-likeness (QED) is 0.806. The lowest BCUT2D eigenvalue weighted by atomic mass is 10.0. The first-order valence-corrected chi connectivity index (χ1v) is 7.47. The van der Waals surface area contributed by atoms with Crippen LogP contribution in [0.4, 0.5) is 4.79 Å². The van der Waals surface area contributed by atoms with Gasteiger partial charge in [0.25, 0.3) is 0 Å². The van der Waals surface area contributed by atoms with Crippen molar-refractivity contribution in [3.8, 4) is 0 Å². The second-order valence-electron chi connectivity index (χ2n) is 6.66. The number of ether oxygens (including phenoxy) is 2. The largest absolute Gasteiger partial charge is 0.462 e. The lowest BCUT2D eigenvalue weighted by Gasteiger charge is -2.39. The van der Waals surface area contributed by atoms with Crippen LogP contribution in [0.25, 0.3) is 0 Å². The smallest absolute Gasteiger partial charge is 0.410 e. The molecule has 1 aromatic rings. The molecule has 1 saturated heterocycles. The van der Waals surface area contributed by atoms with E-state index in [1.165, 1.54) is 0 Å². The predicted octanol–water partition coefficient (Wildman–Crippen LogP) is 3.02. The molecule has 1 heterocycles. The minimum absolute atomic E-state index is 0.181. The highest BCUT2D eigenvalue weighted by Gasteiger charge is 2.34. The van der Waals surface area contributed by atoms with E-state index in [0.717, 1.165) is 5.56 Å². The van der Waals surface area contributed by atoms with Crippen molar-refractivity contribution in [1.82, 2.24) is 4.90 Å². The van der Waals surface area contributed by atoms with E-state index in [4.69, 9.17) is 9.47 Å². The second kappa shape index (κ2) is 6.38. The fourth-order valence-corrected chi connectivity index (χ4v) is 2.22. The lowest BCUT2D eigenvalue weighted by molar-refractivity contribution is -0.0154. The summed E-state index contributed by atoms with van der Waals surface area (Å²) in [7, 11) is 0. The highest BCUT2D eigenvalue weighted by atomic mass is 16.6. The van der Waals surface area contributed by atoms with Crippen molar-refractivity contribution in [2.45, 2.75) is 33.3 Å². The number of hydrogen-bond acceptors (Lipinski definition) is 4. The molecule has 0 atom stereocenters. The molecule has 0 bridgehead atoms. The van der Waals surface area contributed by atoms with Gasteiger partial charge in [-0.25, -0.2) is 9.59 Å². The molecular formula is C17H23NO4. The van der Waals surface area contributed by atoms with E-state index in [-0.39, 0.29) is 18.0 Å². The van der Waals surface area contributed by atoms with Crippen molar-refractivity contribution in [2.75, 3.05) is 19.7 Å². The zero-order valence-corrected chi connectivity index (χ0v) is 13.6. The van der Waals surface area contributed by atoms with Gasteiger partial charge in [0.05, 0.1) is 12.2 Å². The summed E-state index contributed by atoms with van der Waals surface area (Å²) in [4.78, 5) is 25.4. The number of nitrogens with zero attached hydrogens (tertiary/aromatic N) is 1. The van der Waals surface area contributed by atoms with Gasteiger partial charge < -0.3 is 14.4 Å². The molecule has 1 fully saturated rings. The van der Waals surface area contributed by atoms with Crippen molar-refractivity contribution in [3.05, 3.63) is 35.4 Å². The van der Waals surface area contributed by atoms with Crippen LogP contribution < -0.4 is 0 Å². The summed E-state index contributed by atoms with van der Waals surface area (Å²) < 4.78 is 10.6. The molecule has 0 aromatic heterocycles. The maximum absolute atomic E-state index is 12.0. The van der Waals surface area contributed by atoms with Gasteiger partial charge in [-0.3, -0.25) is 0 Å². The number of rotatable bonds is 3. The number of carbonyl (C=O) groups excluding carboxylic acids is 2. The van der Waals surface area contributed by atoms with Crippen LogP contribution in [0.1, 0.15) is 36.7 Å². The average Bonchev–Trinajstić information content (AvgIpc) is 2.34. The third-order valence-corrected chi connectivity index (χ3v) is 3.42. The van der Waals surface area contributed by atoms with Gasteiger partial charge in [0, 0.05) is 19.0 Å². The zero-order valence-electron chi connectivity index (χ0n) is 13.6. The van der Waals surface area contributed by atoms with Crippen molar-refractivity contribution in [1.29, 1.82) is 0 Å². The predicted molar refractivity (Wildman–Crippen MR) is 82.8 cm³/mol. The molecule has 0 spiro atoms. The van der Waals surface area contributed by atoms with Crippen LogP contribution in [0, 0.1) is 12.8 Å². The first-order chi connectivity index (χ1) is 10.3. The van der Waals surface area contributed by atoms with E-state index in [9.17, 15) is 9.59 Å². The van der Waals surface area contributed by atoms with Crippen LogP contribution in [0.15, 0.2) is 24.3 Å². The molecule has 1 amide bonds. The molecule has 5 nitrogen and oxygen atoms in total. The SMILES string of the molecule is Cc1ccccc1C(=O)OCC1CN(C(=O)OC(C)(C)C)C1. The Hall–Kier alpha value is -2.04. The third-order valence-electron chi connectivity index (χ3n) is 3.42. The van der Waals surface area contributed by atoms with E-state index in [1.807, 2.05) is 45.9 Å². The first-order valence-electron chi connectivity index (χ1n) is 7.47. The van der Waals surface area contributed by atoms with Gasteiger partial charge in [-0.15, -0.1) is 0 Å². The topological polar surface area (TPSA) is 55.8 Å². The molecule has 2 rings (SSSR count). The summed E-state index contributed by atoms with van der Waals surface area (Å²) in [6.07, 6.45) is -0.311. The molecule has 0 saturated carbocycles. The van der Waals surface area contributed by atoms with Crippen LogP contribution in [-0.2, 0) is 9.47 Å². The van der Waals surface area contributed by atoms with Crippen LogP contribution in [0.2, 0.25) is 0 Å². The molecular weight excluding hydrogens is 282 g/mol. The van der Waals surface area contributed by atoms with E-state index < -0.39 is 5.60 Å². The molecule has 0 N–H and O–H groups in total. The minimum atomic E-state index is -0.487. The molecule has 0 unspecified atom stereocenters. The highest BCUT2D eigenvalue weighted by Crippen LogP contribution is 2.20. The normalized spacial score (nSPS) is 15.2. The second-order valence-corrected chi connectivity index (χ2v) is 6.66. The van der Waals surface area contributed by atoms with Gasteiger partial charge in [-0.1, -0.05) is 18.2 Å². The number of likely N-dealkylation sites (tertiary alicyclic amines) is 1. The highest BCUT2D eigenvalue weighted by molar-refractivity contribution is 5.90. The summed E-state index contributed by atoms with van der Waals surface area (Å²) in [5, 5.41) is 0. The maximum Gasteiger partial charge on any atom is 0.410 e. The summed E-state index contributed by atoms with van der Waals surface area (Å²) >= 11 is 0. The van der Waals surface area contributed by atoms with Crippen molar-refractivity contribution < 1.29 is 19.1 Å².